The van der Waals surface area contributed by atoms with Gasteiger partial charge >= 0.3 is 5.97 Å². The number of ether oxygens (including phenoxy) is 2. The highest BCUT2D eigenvalue weighted by Crippen LogP contribution is 2.28. The van der Waals surface area contributed by atoms with Crippen LogP contribution in [-0.4, -0.2) is 35.8 Å². The molecule has 0 saturated carbocycles. The number of hydrogen-bond acceptors (Lipinski definition) is 5. The SMILES string of the molecule is CCCC(CC(=O)OCC)n1ccc2cc(OCCc3cccc(NC)n3)ccc21. The number of carbonyl (C=O) groups excluding carboxylic acids is 1. The second kappa shape index (κ2) is 10.7. The van der Waals surface area contributed by atoms with Crippen molar-refractivity contribution in [2.24, 2.45) is 0 Å². The van der Waals surface area contributed by atoms with E-state index in [0.717, 1.165) is 47.4 Å². The third-order valence-electron chi connectivity index (χ3n) is 5.10. The van der Waals surface area contributed by atoms with Gasteiger partial charge in [0.15, 0.2) is 0 Å². The first-order chi connectivity index (χ1) is 14.6. The Balaban J connectivity index is 1.67. The zero-order chi connectivity index (χ0) is 21.3. The van der Waals surface area contributed by atoms with E-state index in [9.17, 15) is 4.79 Å². The number of anilines is 1. The van der Waals surface area contributed by atoms with E-state index >= 15 is 0 Å². The molecule has 2 aromatic heterocycles. The van der Waals surface area contributed by atoms with Crippen molar-refractivity contribution in [1.82, 2.24) is 9.55 Å². The molecule has 1 atom stereocenters. The predicted octanol–water partition coefficient (Wildman–Crippen LogP) is 4.99. The van der Waals surface area contributed by atoms with E-state index in [0.29, 0.717) is 19.6 Å². The second-order valence-corrected chi connectivity index (χ2v) is 7.26. The van der Waals surface area contributed by atoms with Gasteiger partial charge in [-0.1, -0.05) is 19.4 Å². The summed E-state index contributed by atoms with van der Waals surface area (Å²) in [6, 6.07) is 14.2. The molecular formula is C24H31N3O3. The molecular weight excluding hydrogens is 378 g/mol. The molecule has 6 heteroatoms. The quantitative estimate of drug-likeness (QED) is 0.452. The molecule has 0 saturated heterocycles. The molecule has 0 bridgehead atoms. The van der Waals surface area contributed by atoms with Crippen LogP contribution in [-0.2, 0) is 16.0 Å². The Bertz CT molecular complexity index is 967. The smallest absolute Gasteiger partial charge is 0.307 e. The van der Waals surface area contributed by atoms with Gasteiger partial charge in [-0.2, -0.15) is 0 Å². The Hall–Kier alpha value is -3.02. The van der Waals surface area contributed by atoms with Gasteiger partial charge in [0.2, 0.25) is 0 Å². The first-order valence-corrected chi connectivity index (χ1v) is 10.7. The molecule has 0 fully saturated rings. The van der Waals surface area contributed by atoms with E-state index in [1.54, 1.807) is 0 Å². The van der Waals surface area contributed by atoms with Gasteiger partial charge < -0.3 is 19.4 Å². The van der Waals surface area contributed by atoms with Crippen LogP contribution in [0.4, 0.5) is 5.82 Å². The molecule has 0 aliphatic carbocycles. The van der Waals surface area contributed by atoms with Crippen molar-refractivity contribution in [1.29, 1.82) is 0 Å². The zero-order valence-electron chi connectivity index (χ0n) is 18.1. The Kier molecular flexibility index (Phi) is 7.71. The number of nitrogens with one attached hydrogen (secondary N) is 1. The number of fused-ring (bicyclic) bond motifs is 1. The van der Waals surface area contributed by atoms with Crippen LogP contribution in [0.25, 0.3) is 10.9 Å². The first kappa shape index (κ1) is 21.7. The van der Waals surface area contributed by atoms with Crippen molar-refractivity contribution in [3.8, 4) is 5.75 Å². The van der Waals surface area contributed by atoms with Gasteiger partial charge in [0.1, 0.15) is 11.6 Å². The number of rotatable bonds is 11. The summed E-state index contributed by atoms with van der Waals surface area (Å²) in [5.41, 5.74) is 2.10. The number of hydrogen-bond donors (Lipinski definition) is 1. The molecule has 0 aliphatic heterocycles. The van der Waals surface area contributed by atoms with E-state index in [2.05, 4.69) is 46.2 Å². The molecule has 3 aromatic rings. The van der Waals surface area contributed by atoms with Crippen LogP contribution < -0.4 is 10.1 Å². The van der Waals surface area contributed by atoms with Crippen LogP contribution in [0.2, 0.25) is 0 Å². The molecule has 0 amide bonds. The fourth-order valence-electron chi connectivity index (χ4n) is 3.67. The molecule has 30 heavy (non-hydrogen) atoms. The Labute approximate surface area is 178 Å². The molecule has 1 unspecified atom stereocenters. The van der Waals surface area contributed by atoms with Crippen molar-refractivity contribution >= 4 is 22.7 Å². The van der Waals surface area contributed by atoms with Gasteiger partial charge in [0.25, 0.3) is 0 Å². The molecule has 0 aliphatic rings. The lowest BCUT2D eigenvalue weighted by atomic mass is 10.1. The fraction of sp³-hybridized carbons (Fsp3) is 0.417. The standard InChI is InChI=1S/C24H31N3O3/c1-4-7-20(17-24(28)29-5-2)27-14-12-18-16-21(10-11-22(18)27)30-15-13-19-8-6-9-23(25-3)26-19/h6,8-12,14,16,20H,4-5,7,13,15,17H2,1-3H3,(H,25,26). The molecule has 3 rings (SSSR count). The molecule has 0 radical (unpaired) electrons. The van der Waals surface area contributed by atoms with Crippen molar-refractivity contribution in [2.75, 3.05) is 25.6 Å². The van der Waals surface area contributed by atoms with Crippen molar-refractivity contribution in [3.63, 3.8) is 0 Å². The Morgan fingerprint density at radius 1 is 1.20 bits per heavy atom. The predicted molar refractivity (Wildman–Crippen MR) is 120 cm³/mol. The van der Waals surface area contributed by atoms with E-state index in [1.165, 1.54) is 0 Å². The van der Waals surface area contributed by atoms with Crippen LogP contribution in [0.1, 0.15) is 44.8 Å². The number of nitrogens with zero attached hydrogens (tertiary/aromatic N) is 2. The molecule has 1 aromatic carbocycles. The number of pyridine rings is 1. The van der Waals surface area contributed by atoms with Crippen molar-refractivity contribution < 1.29 is 14.3 Å². The molecule has 6 nitrogen and oxygen atoms in total. The summed E-state index contributed by atoms with van der Waals surface area (Å²) in [5, 5.41) is 4.16. The third kappa shape index (κ3) is 5.53. The average molecular weight is 410 g/mol. The van der Waals surface area contributed by atoms with Crippen LogP contribution in [0.15, 0.2) is 48.7 Å². The summed E-state index contributed by atoms with van der Waals surface area (Å²) >= 11 is 0. The minimum atomic E-state index is -0.145. The van der Waals surface area contributed by atoms with Crippen molar-refractivity contribution in [2.45, 2.75) is 45.6 Å². The monoisotopic (exact) mass is 409 g/mol. The highest BCUT2D eigenvalue weighted by molar-refractivity contribution is 5.82. The lowest BCUT2D eigenvalue weighted by Gasteiger charge is -2.19. The summed E-state index contributed by atoms with van der Waals surface area (Å²) in [4.78, 5) is 16.5. The maximum atomic E-state index is 12.0. The van der Waals surface area contributed by atoms with E-state index in [1.807, 2.05) is 38.2 Å². The highest BCUT2D eigenvalue weighted by atomic mass is 16.5. The van der Waals surface area contributed by atoms with Crippen LogP contribution >= 0.6 is 0 Å². The number of aromatic nitrogens is 2. The molecule has 2 heterocycles. The number of benzene rings is 1. The summed E-state index contributed by atoms with van der Waals surface area (Å²) in [6.07, 6.45) is 5.13. The number of esters is 1. The zero-order valence-corrected chi connectivity index (χ0v) is 18.1. The fourth-order valence-corrected chi connectivity index (χ4v) is 3.67. The lowest BCUT2D eigenvalue weighted by molar-refractivity contribution is -0.144. The Morgan fingerprint density at radius 3 is 2.83 bits per heavy atom. The van der Waals surface area contributed by atoms with E-state index in [4.69, 9.17) is 9.47 Å². The summed E-state index contributed by atoms with van der Waals surface area (Å²) in [7, 11) is 1.86. The van der Waals surface area contributed by atoms with Gasteiger partial charge in [-0.3, -0.25) is 4.79 Å². The van der Waals surface area contributed by atoms with Crippen molar-refractivity contribution in [3.05, 3.63) is 54.4 Å². The van der Waals surface area contributed by atoms with E-state index < -0.39 is 0 Å². The largest absolute Gasteiger partial charge is 0.493 e. The second-order valence-electron chi connectivity index (χ2n) is 7.26. The maximum Gasteiger partial charge on any atom is 0.307 e. The van der Waals surface area contributed by atoms with Gasteiger partial charge in [-0.05, 0) is 49.7 Å². The van der Waals surface area contributed by atoms with Gasteiger partial charge in [-0.15, -0.1) is 0 Å². The summed E-state index contributed by atoms with van der Waals surface area (Å²) in [6.45, 7) is 4.96. The number of carbonyl (C=O) groups is 1. The summed E-state index contributed by atoms with van der Waals surface area (Å²) < 4.78 is 13.3. The van der Waals surface area contributed by atoms with Crippen LogP contribution in [0.3, 0.4) is 0 Å². The Morgan fingerprint density at radius 2 is 2.07 bits per heavy atom. The topological polar surface area (TPSA) is 65.4 Å². The third-order valence-corrected chi connectivity index (χ3v) is 5.10. The highest BCUT2D eigenvalue weighted by Gasteiger charge is 2.17. The molecule has 0 spiro atoms. The van der Waals surface area contributed by atoms with Gasteiger partial charge in [0, 0.05) is 42.3 Å². The maximum absolute atomic E-state index is 12.0. The van der Waals surface area contributed by atoms with E-state index in [-0.39, 0.29) is 12.0 Å². The van der Waals surface area contributed by atoms with Gasteiger partial charge in [0.05, 0.1) is 19.6 Å². The first-order valence-electron chi connectivity index (χ1n) is 10.7. The summed E-state index contributed by atoms with van der Waals surface area (Å²) in [5.74, 6) is 1.55. The average Bonchev–Trinajstić information content (AvgIpc) is 3.17. The normalized spacial score (nSPS) is 12.0. The lowest BCUT2D eigenvalue weighted by Crippen LogP contribution is -2.15. The van der Waals surface area contributed by atoms with Crippen LogP contribution in [0, 0.1) is 0 Å². The minimum absolute atomic E-state index is 0.101. The molecule has 1 N–H and O–H groups in total. The molecule has 160 valence electrons. The minimum Gasteiger partial charge on any atom is -0.493 e. The van der Waals surface area contributed by atoms with Crippen LogP contribution in [0.5, 0.6) is 5.75 Å². The van der Waals surface area contributed by atoms with Gasteiger partial charge in [-0.25, -0.2) is 4.98 Å².